The summed E-state index contributed by atoms with van der Waals surface area (Å²) in [6, 6.07) is 1.07. The Bertz CT molecular complexity index is 1170. The van der Waals surface area contributed by atoms with Gasteiger partial charge < -0.3 is 26.8 Å². The van der Waals surface area contributed by atoms with Crippen molar-refractivity contribution in [1.82, 2.24) is 15.6 Å². The largest absolute Gasteiger partial charge is 0.481 e. The van der Waals surface area contributed by atoms with Crippen molar-refractivity contribution >= 4 is 23.7 Å². The molecule has 13 heteroatoms. The third-order valence-corrected chi connectivity index (χ3v) is 6.53. The first kappa shape index (κ1) is 30.6. The minimum Gasteiger partial charge on any atom is -0.481 e. The van der Waals surface area contributed by atoms with Crippen LogP contribution in [0.2, 0.25) is 0 Å². The Morgan fingerprint density at radius 3 is 2.33 bits per heavy atom. The summed E-state index contributed by atoms with van der Waals surface area (Å²) in [4.78, 5) is 38.6. The van der Waals surface area contributed by atoms with Gasteiger partial charge in [0.05, 0.1) is 19.4 Å². The lowest BCUT2D eigenvalue weighted by molar-refractivity contribution is -0.141. The fourth-order valence-electron chi connectivity index (χ4n) is 4.49. The van der Waals surface area contributed by atoms with E-state index in [9.17, 15) is 22.8 Å². The monoisotopic (exact) mass is 563 g/mol. The molecule has 1 unspecified atom stereocenters. The number of alkyl halides is 3. The van der Waals surface area contributed by atoms with Gasteiger partial charge in [-0.05, 0) is 81.7 Å². The van der Waals surface area contributed by atoms with Crippen molar-refractivity contribution in [3.63, 3.8) is 0 Å². The highest BCUT2D eigenvalue weighted by Gasteiger charge is 2.48. The number of allylic oxidation sites excluding steroid dienone is 1. The van der Waals surface area contributed by atoms with Gasteiger partial charge in [-0.3, -0.25) is 19.6 Å². The highest BCUT2D eigenvalue weighted by molar-refractivity contribution is 6.43. The van der Waals surface area contributed by atoms with E-state index in [-0.39, 0.29) is 35.8 Å². The van der Waals surface area contributed by atoms with Crippen molar-refractivity contribution in [3.05, 3.63) is 47.6 Å². The molecule has 1 aromatic rings. The van der Waals surface area contributed by atoms with Gasteiger partial charge in [-0.25, -0.2) is 4.98 Å². The van der Waals surface area contributed by atoms with Gasteiger partial charge in [-0.2, -0.15) is 13.2 Å². The molecule has 40 heavy (non-hydrogen) atoms. The summed E-state index contributed by atoms with van der Waals surface area (Å²) in [6.07, 6.45) is 4.40. The average molecular weight is 564 g/mol. The number of carbonyl (C=O) groups excluding carboxylic acids is 2. The van der Waals surface area contributed by atoms with Crippen molar-refractivity contribution in [3.8, 4) is 5.88 Å². The first-order valence-electron chi connectivity index (χ1n) is 13.1. The Morgan fingerprint density at radius 1 is 1.18 bits per heavy atom. The second kappa shape index (κ2) is 13.4. The van der Waals surface area contributed by atoms with E-state index in [2.05, 4.69) is 25.6 Å². The van der Waals surface area contributed by atoms with Crippen LogP contribution in [0.15, 0.2) is 46.3 Å². The maximum absolute atomic E-state index is 13.5. The first-order valence-corrected chi connectivity index (χ1v) is 13.1. The number of rotatable bonds is 13. The molecule has 3 rings (SSSR count). The summed E-state index contributed by atoms with van der Waals surface area (Å²) in [5.41, 5.74) is 10.8. The summed E-state index contributed by atoms with van der Waals surface area (Å²) in [5.74, 6) is -0.537. The van der Waals surface area contributed by atoms with Crippen LogP contribution in [-0.4, -0.2) is 47.9 Å². The van der Waals surface area contributed by atoms with Crippen LogP contribution in [0.25, 0.3) is 0 Å². The van der Waals surface area contributed by atoms with E-state index in [0.29, 0.717) is 17.4 Å². The Kier molecular flexibility index (Phi) is 10.3. The molecule has 10 nitrogen and oxygen atoms in total. The molecule has 1 heterocycles. The molecular formula is C27H36F3N7O3. The van der Waals surface area contributed by atoms with Crippen molar-refractivity contribution < 1.29 is 27.5 Å². The molecule has 0 saturated heterocycles. The molecule has 0 aliphatic heterocycles. The number of hydrogen-bond donors (Lipinski definition) is 4. The number of halogens is 3. The normalized spacial score (nSPS) is 17.6. The molecule has 1 aromatic heterocycles. The number of hydrogen-bond acceptors (Lipinski definition) is 8. The van der Waals surface area contributed by atoms with Crippen LogP contribution in [0.5, 0.6) is 5.88 Å². The van der Waals surface area contributed by atoms with Gasteiger partial charge in [0.25, 0.3) is 5.91 Å². The predicted molar refractivity (Wildman–Crippen MR) is 145 cm³/mol. The first-order chi connectivity index (χ1) is 19.0. The number of carbonyl (C=O) groups is 2. The molecule has 1 atom stereocenters. The van der Waals surface area contributed by atoms with E-state index < -0.39 is 29.7 Å². The van der Waals surface area contributed by atoms with Gasteiger partial charge in [0, 0.05) is 24.0 Å². The van der Waals surface area contributed by atoms with Gasteiger partial charge >= 0.3 is 6.18 Å². The van der Waals surface area contributed by atoms with Crippen LogP contribution in [0.1, 0.15) is 50.8 Å². The zero-order valence-corrected chi connectivity index (χ0v) is 22.7. The van der Waals surface area contributed by atoms with Crippen LogP contribution < -0.4 is 26.8 Å². The Balaban J connectivity index is 1.75. The second-order valence-electron chi connectivity index (χ2n) is 10.1. The van der Waals surface area contributed by atoms with E-state index in [4.69, 9.17) is 16.2 Å². The smallest absolute Gasteiger partial charge is 0.433 e. The zero-order valence-electron chi connectivity index (χ0n) is 22.7. The van der Waals surface area contributed by atoms with Crippen LogP contribution >= 0.6 is 0 Å². The van der Waals surface area contributed by atoms with Gasteiger partial charge in [-0.15, -0.1) is 0 Å². The molecule has 0 aromatic carbocycles. The van der Waals surface area contributed by atoms with Crippen molar-refractivity contribution in [2.75, 3.05) is 7.11 Å². The molecule has 2 saturated carbocycles. The lowest BCUT2D eigenvalue weighted by Crippen LogP contribution is -2.53. The highest BCUT2D eigenvalue weighted by Crippen LogP contribution is 2.50. The predicted octanol–water partition coefficient (Wildman–Crippen LogP) is 2.84. The van der Waals surface area contributed by atoms with Gasteiger partial charge in [-0.1, -0.05) is 0 Å². The third kappa shape index (κ3) is 8.55. The molecule has 6 N–H and O–H groups in total. The topological polar surface area (TPSA) is 157 Å². The van der Waals surface area contributed by atoms with Gasteiger partial charge in [0.2, 0.25) is 11.8 Å². The average Bonchev–Trinajstić information content (AvgIpc) is 3.82. The van der Waals surface area contributed by atoms with Gasteiger partial charge in [0.15, 0.2) is 0 Å². The number of methoxy groups -OCH3 is 1. The molecule has 2 fully saturated rings. The fourth-order valence-corrected chi connectivity index (χ4v) is 4.49. The lowest BCUT2D eigenvalue weighted by atomic mass is 9.88. The number of aliphatic imine (C=N–C) groups is 2. The standard InChI is InChI=1S/C27H36F3N7O3/c1-15(2)34-20(10-11-31)24(38)37-23(22(16-4-5-16)17-6-7-17)25(39)35-19(12-32)14-33-13-18-8-9-21(27(28,29)30)36-26(18)40-3/h8-12,14-17,22-23H,4-7,13,31-32H2,1-3H3,(H,35,39)(H,37,38)/b11-10-,19-12+,33-14?,34-20?. The molecular weight excluding hydrogens is 527 g/mol. The van der Waals surface area contributed by atoms with E-state index in [1.807, 2.05) is 13.8 Å². The Labute approximate surface area is 231 Å². The van der Waals surface area contributed by atoms with E-state index >= 15 is 0 Å². The fraction of sp³-hybridized carbons (Fsp3) is 0.519. The van der Waals surface area contributed by atoms with Crippen LogP contribution in [0.4, 0.5) is 13.2 Å². The summed E-state index contributed by atoms with van der Waals surface area (Å²) < 4.78 is 43.9. The number of pyridine rings is 1. The summed E-state index contributed by atoms with van der Waals surface area (Å²) >= 11 is 0. The molecule has 2 aliphatic rings. The number of nitrogens with one attached hydrogen (secondary N) is 2. The third-order valence-electron chi connectivity index (χ3n) is 6.53. The number of ether oxygens (including phenoxy) is 1. The maximum Gasteiger partial charge on any atom is 0.433 e. The lowest BCUT2D eigenvalue weighted by Gasteiger charge is -2.27. The number of aromatic nitrogens is 1. The minimum atomic E-state index is -4.61. The Morgan fingerprint density at radius 2 is 1.82 bits per heavy atom. The van der Waals surface area contributed by atoms with E-state index in [1.165, 1.54) is 31.7 Å². The SMILES string of the molecule is COc1nc(C(F)(F)F)ccc1CN=C/C(=C\N)NC(=O)C(NC(=O)C(/C=C\N)=NC(C)C)C(C1CC1)C1CC1. The van der Waals surface area contributed by atoms with Crippen LogP contribution in [0.3, 0.4) is 0 Å². The molecule has 2 aliphatic carbocycles. The van der Waals surface area contributed by atoms with E-state index in [0.717, 1.165) is 37.9 Å². The van der Waals surface area contributed by atoms with Crippen molar-refractivity contribution in [1.29, 1.82) is 0 Å². The molecule has 218 valence electrons. The van der Waals surface area contributed by atoms with Gasteiger partial charge in [0.1, 0.15) is 17.4 Å². The zero-order chi connectivity index (χ0) is 29.4. The molecule has 2 amide bonds. The number of nitrogens with two attached hydrogens (primary N) is 2. The molecule has 0 radical (unpaired) electrons. The summed E-state index contributed by atoms with van der Waals surface area (Å²) in [7, 11) is 1.21. The minimum absolute atomic E-state index is 0.0375. The summed E-state index contributed by atoms with van der Waals surface area (Å²) in [6.45, 7) is 3.58. The van der Waals surface area contributed by atoms with Crippen molar-refractivity contribution in [2.45, 2.75) is 64.3 Å². The summed E-state index contributed by atoms with van der Waals surface area (Å²) in [5, 5.41) is 5.60. The Hall–Kier alpha value is -3.90. The quantitative estimate of drug-likeness (QED) is 0.270. The highest BCUT2D eigenvalue weighted by atomic mass is 19.4. The maximum atomic E-state index is 13.5. The van der Waals surface area contributed by atoms with Crippen molar-refractivity contribution in [2.24, 2.45) is 39.2 Å². The molecule has 0 bridgehead atoms. The van der Waals surface area contributed by atoms with Crippen LogP contribution in [-0.2, 0) is 22.3 Å². The number of nitrogens with zero attached hydrogens (tertiary/aromatic N) is 3. The molecule has 0 spiro atoms. The van der Waals surface area contributed by atoms with Crippen LogP contribution in [0, 0.1) is 17.8 Å². The van der Waals surface area contributed by atoms with E-state index in [1.54, 1.807) is 0 Å². The number of amides is 2. The second-order valence-corrected chi connectivity index (χ2v) is 10.1.